The smallest absolute Gasteiger partial charge is 0.280 e. The van der Waals surface area contributed by atoms with Crippen molar-refractivity contribution in [1.82, 2.24) is 4.98 Å². The highest BCUT2D eigenvalue weighted by molar-refractivity contribution is 7.22. The first kappa shape index (κ1) is 19.7. The number of aryl methyl sites for hydroxylation is 1. The summed E-state index contributed by atoms with van der Waals surface area (Å²) in [7, 11) is 1.60. The minimum Gasteiger partial charge on any atom is -0.497 e. The fraction of sp³-hybridized carbons (Fsp3) is 0.0870. The van der Waals surface area contributed by atoms with Crippen molar-refractivity contribution < 1.29 is 13.9 Å². The number of fused-ring (bicyclic) bond motifs is 1. The summed E-state index contributed by atoms with van der Waals surface area (Å²) < 4.78 is 19.4. The Morgan fingerprint density at radius 3 is 2.53 bits per heavy atom. The molecule has 4 aromatic rings. The lowest BCUT2D eigenvalue weighted by molar-refractivity contribution is 0.0988. The molecule has 7 heteroatoms. The highest BCUT2D eigenvalue weighted by Gasteiger charge is 2.21. The molecule has 5 nitrogen and oxygen atoms in total. The van der Waals surface area contributed by atoms with Gasteiger partial charge in [-0.15, -0.1) is 0 Å². The Balaban J connectivity index is 1.73. The standard InChI is InChI=1S/C23H18FN3O2S/c1-15-3-7-17(8-4-15)22(28)27(25-14-16-5-10-19(29-2)11-6-16)23-26-20-12-9-18(24)13-21(20)30-23/h3-14H,1-2H3/b25-14+. The van der Waals surface area contributed by atoms with Crippen molar-refractivity contribution in [1.29, 1.82) is 0 Å². The predicted molar refractivity (Wildman–Crippen MR) is 118 cm³/mol. The Morgan fingerprint density at radius 1 is 1.10 bits per heavy atom. The van der Waals surface area contributed by atoms with Gasteiger partial charge in [-0.2, -0.15) is 10.1 Å². The van der Waals surface area contributed by atoms with Gasteiger partial charge in [0, 0.05) is 5.56 Å². The number of thiazole rings is 1. The number of carbonyl (C=O) groups is 1. The molecule has 30 heavy (non-hydrogen) atoms. The van der Waals surface area contributed by atoms with Crippen molar-refractivity contribution in [3.05, 3.63) is 89.2 Å². The number of nitrogens with zero attached hydrogens (tertiary/aromatic N) is 3. The van der Waals surface area contributed by atoms with Gasteiger partial charge in [-0.3, -0.25) is 4.79 Å². The topological polar surface area (TPSA) is 54.8 Å². The molecule has 0 spiro atoms. The van der Waals surface area contributed by atoms with Crippen molar-refractivity contribution in [2.75, 3.05) is 12.1 Å². The first-order chi connectivity index (χ1) is 14.5. The van der Waals surface area contributed by atoms with Crippen molar-refractivity contribution in [3.63, 3.8) is 0 Å². The fourth-order valence-electron chi connectivity index (χ4n) is 2.80. The van der Waals surface area contributed by atoms with E-state index in [1.54, 1.807) is 31.5 Å². The molecule has 0 saturated heterocycles. The normalized spacial score (nSPS) is 11.2. The van der Waals surface area contributed by atoms with Gasteiger partial charge in [-0.05, 0) is 67.1 Å². The van der Waals surface area contributed by atoms with Crippen molar-refractivity contribution in [2.45, 2.75) is 6.92 Å². The highest BCUT2D eigenvalue weighted by atomic mass is 32.1. The number of hydrazone groups is 1. The van der Waals surface area contributed by atoms with Crippen LogP contribution in [0.2, 0.25) is 0 Å². The Morgan fingerprint density at radius 2 is 1.83 bits per heavy atom. The molecule has 0 bridgehead atoms. The van der Waals surface area contributed by atoms with E-state index in [0.717, 1.165) is 16.9 Å². The van der Waals surface area contributed by atoms with E-state index in [2.05, 4.69) is 10.1 Å². The monoisotopic (exact) mass is 419 g/mol. The summed E-state index contributed by atoms with van der Waals surface area (Å²) in [6, 6.07) is 18.9. The lowest BCUT2D eigenvalue weighted by Gasteiger charge is -2.14. The molecule has 4 rings (SSSR count). The van der Waals surface area contributed by atoms with E-state index in [1.807, 2.05) is 43.3 Å². The van der Waals surface area contributed by atoms with Crippen LogP contribution in [0.4, 0.5) is 9.52 Å². The molecule has 0 aliphatic rings. The molecule has 1 amide bonds. The zero-order valence-electron chi connectivity index (χ0n) is 16.4. The second-order valence-corrected chi connectivity index (χ2v) is 7.62. The molecular formula is C23H18FN3O2S. The maximum atomic E-state index is 13.6. The number of hydrogen-bond acceptors (Lipinski definition) is 5. The Hall–Kier alpha value is -3.58. The molecule has 0 atom stereocenters. The molecule has 150 valence electrons. The van der Waals surface area contributed by atoms with Crippen LogP contribution in [0.1, 0.15) is 21.5 Å². The first-order valence-corrected chi connectivity index (χ1v) is 10.0. The number of rotatable bonds is 5. The molecule has 1 aromatic heterocycles. The van der Waals surface area contributed by atoms with Gasteiger partial charge in [0.1, 0.15) is 11.6 Å². The molecule has 0 unspecified atom stereocenters. The van der Waals surface area contributed by atoms with Crippen LogP contribution in [0.3, 0.4) is 0 Å². The van der Waals surface area contributed by atoms with Gasteiger partial charge >= 0.3 is 0 Å². The second-order valence-electron chi connectivity index (χ2n) is 6.61. The Kier molecular flexibility index (Phi) is 5.54. The molecule has 0 saturated carbocycles. The van der Waals surface area contributed by atoms with Gasteiger partial charge in [-0.1, -0.05) is 29.0 Å². The zero-order chi connectivity index (χ0) is 21.1. The molecule has 0 fully saturated rings. The van der Waals surface area contributed by atoms with Gasteiger partial charge in [0.05, 0.1) is 23.5 Å². The van der Waals surface area contributed by atoms with E-state index in [0.29, 0.717) is 20.9 Å². The second kappa shape index (κ2) is 8.42. The third-order valence-corrected chi connectivity index (χ3v) is 5.44. The minimum absolute atomic E-state index is 0.320. The number of anilines is 1. The van der Waals surface area contributed by atoms with Gasteiger partial charge < -0.3 is 4.74 Å². The van der Waals surface area contributed by atoms with Crippen LogP contribution in [-0.2, 0) is 0 Å². The average Bonchev–Trinajstić information content (AvgIpc) is 3.17. The molecule has 1 heterocycles. The lowest BCUT2D eigenvalue weighted by Crippen LogP contribution is -2.25. The van der Waals surface area contributed by atoms with E-state index >= 15 is 0 Å². The maximum absolute atomic E-state index is 13.6. The van der Waals surface area contributed by atoms with E-state index in [4.69, 9.17) is 4.74 Å². The fourth-order valence-corrected chi connectivity index (χ4v) is 3.75. The van der Waals surface area contributed by atoms with E-state index < -0.39 is 0 Å². The highest BCUT2D eigenvalue weighted by Crippen LogP contribution is 2.30. The number of aromatic nitrogens is 1. The maximum Gasteiger partial charge on any atom is 0.280 e. The molecule has 0 aliphatic heterocycles. The Bertz CT molecular complexity index is 1220. The quantitative estimate of drug-likeness (QED) is 0.320. The largest absolute Gasteiger partial charge is 0.497 e. The van der Waals surface area contributed by atoms with Crippen LogP contribution in [-0.4, -0.2) is 24.2 Å². The van der Waals surface area contributed by atoms with Crippen LogP contribution in [0.5, 0.6) is 5.75 Å². The SMILES string of the molecule is COc1ccc(/C=N/N(C(=O)c2ccc(C)cc2)c2nc3ccc(F)cc3s2)cc1. The van der Waals surface area contributed by atoms with E-state index in [1.165, 1.54) is 28.5 Å². The number of amides is 1. The first-order valence-electron chi connectivity index (χ1n) is 9.19. The number of halogens is 1. The van der Waals surface area contributed by atoms with Gasteiger partial charge in [0.15, 0.2) is 0 Å². The van der Waals surface area contributed by atoms with Gasteiger partial charge in [0.25, 0.3) is 5.91 Å². The average molecular weight is 419 g/mol. The summed E-state index contributed by atoms with van der Waals surface area (Å²) in [5.74, 6) is 0.0584. The summed E-state index contributed by atoms with van der Waals surface area (Å²) in [6.07, 6.45) is 1.58. The number of methoxy groups -OCH3 is 1. The van der Waals surface area contributed by atoms with Crippen LogP contribution in [0.15, 0.2) is 71.8 Å². The van der Waals surface area contributed by atoms with Gasteiger partial charge in [0.2, 0.25) is 5.13 Å². The van der Waals surface area contributed by atoms with Crippen LogP contribution in [0.25, 0.3) is 10.2 Å². The summed E-state index contributed by atoms with van der Waals surface area (Å²) in [6.45, 7) is 1.95. The summed E-state index contributed by atoms with van der Waals surface area (Å²) in [5, 5.41) is 6.02. The summed E-state index contributed by atoms with van der Waals surface area (Å²) >= 11 is 1.21. The van der Waals surface area contributed by atoms with Crippen LogP contribution in [0, 0.1) is 12.7 Å². The summed E-state index contributed by atoms with van der Waals surface area (Å²) in [4.78, 5) is 17.7. The van der Waals surface area contributed by atoms with E-state index in [9.17, 15) is 9.18 Å². The third kappa shape index (κ3) is 4.21. The van der Waals surface area contributed by atoms with Gasteiger partial charge in [-0.25, -0.2) is 9.37 Å². The zero-order valence-corrected chi connectivity index (χ0v) is 17.2. The molecule has 0 aliphatic carbocycles. The number of benzene rings is 3. The third-order valence-electron chi connectivity index (χ3n) is 4.45. The Labute approximate surface area is 177 Å². The summed E-state index contributed by atoms with van der Waals surface area (Å²) in [5.41, 5.74) is 2.94. The number of ether oxygens (including phenoxy) is 1. The molecule has 0 radical (unpaired) electrons. The van der Waals surface area contributed by atoms with E-state index in [-0.39, 0.29) is 11.7 Å². The van der Waals surface area contributed by atoms with Crippen molar-refractivity contribution >= 4 is 38.8 Å². The molecule has 0 N–H and O–H groups in total. The van der Waals surface area contributed by atoms with Crippen LogP contribution >= 0.6 is 11.3 Å². The predicted octanol–water partition coefficient (Wildman–Crippen LogP) is 5.43. The molecule has 3 aromatic carbocycles. The van der Waals surface area contributed by atoms with Crippen LogP contribution < -0.4 is 9.75 Å². The number of carbonyl (C=O) groups excluding carboxylic acids is 1. The number of hydrogen-bond donors (Lipinski definition) is 0. The van der Waals surface area contributed by atoms with Crippen molar-refractivity contribution in [3.8, 4) is 5.75 Å². The molecular weight excluding hydrogens is 401 g/mol. The lowest BCUT2D eigenvalue weighted by atomic mass is 10.1. The minimum atomic E-state index is -0.351. The van der Waals surface area contributed by atoms with Crippen molar-refractivity contribution in [2.24, 2.45) is 5.10 Å².